The van der Waals surface area contributed by atoms with E-state index in [1.54, 1.807) is 26.4 Å². The first kappa shape index (κ1) is 19.4. The molecule has 4 nitrogen and oxygen atoms in total. The molecular weight excluding hydrogens is 361 g/mol. The molecule has 0 atom stereocenters. The monoisotopic (exact) mass is 381 g/mol. The highest BCUT2D eigenvalue weighted by Crippen LogP contribution is 2.27. The highest BCUT2D eigenvalue weighted by molar-refractivity contribution is 6.42. The van der Waals surface area contributed by atoms with Crippen molar-refractivity contribution in [2.24, 2.45) is 0 Å². The zero-order valence-corrected chi connectivity index (χ0v) is 15.8. The predicted octanol–water partition coefficient (Wildman–Crippen LogP) is 4.30. The number of hydrogen-bond donors (Lipinski definition) is 1. The first-order valence-corrected chi connectivity index (χ1v) is 8.70. The highest BCUT2D eigenvalue weighted by Gasteiger charge is 2.06. The summed E-state index contributed by atoms with van der Waals surface area (Å²) in [5.74, 6) is 1.38. The number of methoxy groups -OCH3 is 2. The van der Waals surface area contributed by atoms with Crippen LogP contribution in [0.4, 0.5) is 0 Å². The van der Waals surface area contributed by atoms with Crippen LogP contribution in [0.2, 0.25) is 10.0 Å². The van der Waals surface area contributed by atoms with Crippen molar-refractivity contribution in [1.29, 1.82) is 0 Å². The Morgan fingerprint density at radius 2 is 1.60 bits per heavy atom. The fourth-order valence-electron chi connectivity index (χ4n) is 2.42. The lowest BCUT2D eigenvalue weighted by atomic mass is 10.1. The molecule has 0 saturated heterocycles. The third-order valence-corrected chi connectivity index (χ3v) is 4.55. The first-order chi connectivity index (χ1) is 12.0. The molecule has 0 saturated carbocycles. The molecule has 0 aliphatic carbocycles. The van der Waals surface area contributed by atoms with Gasteiger partial charge >= 0.3 is 0 Å². The standard InChI is InChI=1S/C19H21Cl2NO3/c1-24-17-7-4-14(12-18(17)25-2)9-10-22-19(23)8-5-13-3-6-15(20)16(21)11-13/h3-4,6-7,11-12H,5,8-10H2,1-2H3,(H,22,23). The largest absolute Gasteiger partial charge is 0.493 e. The molecule has 0 unspecified atom stereocenters. The van der Waals surface area contributed by atoms with Crippen LogP contribution in [-0.2, 0) is 17.6 Å². The van der Waals surface area contributed by atoms with Crippen molar-refractivity contribution in [3.05, 3.63) is 57.6 Å². The Balaban J connectivity index is 1.77. The van der Waals surface area contributed by atoms with E-state index >= 15 is 0 Å². The molecule has 1 amide bonds. The molecule has 25 heavy (non-hydrogen) atoms. The van der Waals surface area contributed by atoms with Gasteiger partial charge in [-0.2, -0.15) is 0 Å². The Bertz CT molecular complexity index is 735. The topological polar surface area (TPSA) is 47.6 Å². The van der Waals surface area contributed by atoms with E-state index in [9.17, 15) is 4.79 Å². The van der Waals surface area contributed by atoms with Gasteiger partial charge in [0.25, 0.3) is 0 Å². The van der Waals surface area contributed by atoms with Gasteiger partial charge in [0, 0.05) is 13.0 Å². The maximum absolute atomic E-state index is 12.0. The molecular formula is C19H21Cl2NO3. The maximum Gasteiger partial charge on any atom is 0.220 e. The minimum atomic E-state index is 0.00606. The Hall–Kier alpha value is -1.91. The van der Waals surface area contributed by atoms with Gasteiger partial charge in [-0.05, 0) is 48.2 Å². The average Bonchev–Trinajstić information content (AvgIpc) is 2.62. The SMILES string of the molecule is COc1ccc(CCNC(=O)CCc2ccc(Cl)c(Cl)c2)cc1OC. The molecule has 0 aliphatic rings. The van der Waals surface area contributed by atoms with Gasteiger partial charge < -0.3 is 14.8 Å². The van der Waals surface area contributed by atoms with Gasteiger partial charge in [-0.1, -0.05) is 35.3 Å². The minimum absolute atomic E-state index is 0.00606. The second kappa shape index (κ2) is 9.54. The summed E-state index contributed by atoms with van der Waals surface area (Å²) in [5.41, 5.74) is 2.06. The Kier molecular flexibility index (Phi) is 7.41. The zero-order chi connectivity index (χ0) is 18.2. The van der Waals surface area contributed by atoms with E-state index < -0.39 is 0 Å². The maximum atomic E-state index is 12.0. The summed E-state index contributed by atoms with van der Waals surface area (Å²) in [6, 6.07) is 11.2. The van der Waals surface area contributed by atoms with E-state index in [0.29, 0.717) is 40.9 Å². The summed E-state index contributed by atoms with van der Waals surface area (Å²) in [7, 11) is 3.21. The molecule has 6 heteroatoms. The minimum Gasteiger partial charge on any atom is -0.493 e. The fourth-order valence-corrected chi connectivity index (χ4v) is 2.74. The molecule has 2 rings (SSSR count). The zero-order valence-electron chi connectivity index (χ0n) is 14.3. The number of nitrogens with one attached hydrogen (secondary N) is 1. The van der Waals surface area contributed by atoms with Crippen LogP contribution in [0, 0.1) is 0 Å². The highest BCUT2D eigenvalue weighted by atomic mass is 35.5. The summed E-state index contributed by atoms with van der Waals surface area (Å²) < 4.78 is 10.5. The van der Waals surface area contributed by atoms with E-state index in [2.05, 4.69) is 5.32 Å². The Labute approximate surface area is 158 Å². The van der Waals surface area contributed by atoms with Crippen LogP contribution < -0.4 is 14.8 Å². The number of hydrogen-bond acceptors (Lipinski definition) is 3. The molecule has 0 bridgehead atoms. The van der Waals surface area contributed by atoms with E-state index in [4.69, 9.17) is 32.7 Å². The number of amides is 1. The van der Waals surface area contributed by atoms with E-state index in [0.717, 1.165) is 17.5 Å². The van der Waals surface area contributed by atoms with Crippen LogP contribution in [0.25, 0.3) is 0 Å². The second-order valence-electron chi connectivity index (χ2n) is 5.54. The molecule has 0 aliphatic heterocycles. The average molecular weight is 382 g/mol. The van der Waals surface area contributed by atoms with Gasteiger partial charge in [-0.15, -0.1) is 0 Å². The summed E-state index contributed by atoms with van der Waals surface area (Å²) in [6.07, 6.45) is 1.75. The van der Waals surface area contributed by atoms with Crippen LogP contribution in [0.3, 0.4) is 0 Å². The Morgan fingerprint density at radius 3 is 2.28 bits per heavy atom. The lowest BCUT2D eigenvalue weighted by Gasteiger charge is -2.10. The number of halogens is 2. The van der Waals surface area contributed by atoms with Crippen molar-refractivity contribution in [2.75, 3.05) is 20.8 Å². The number of carbonyl (C=O) groups excluding carboxylic acids is 1. The van der Waals surface area contributed by atoms with Gasteiger partial charge in [0.2, 0.25) is 5.91 Å². The smallest absolute Gasteiger partial charge is 0.220 e. The van der Waals surface area contributed by atoms with E-state index in [1.807, 2.05) is 24.3 Å². The molecule has 0 heterocycles. The van der Waals surface area contributed by atoms with Gasteiger partial charge in [0.15, 0.2) is 11.5 Å². The van der Waals surface area contributed by atoms with Crippen LogP contribution in [0.15, 0.2) is 36.4 Å². The summed E-state index contributed by atoms with van der Waals surface area (Å²) in [4.78, 5) is 12.0. The number of aryl methyl sites for hydroxylation is 1. The molecule has 0 radical (unpaired) electrons. The number of carbonyl (C=O) groups is 1. The van der Waals surface area contributed by atoms with Crippen molar-refractivity contribution < 1.29 is 14.3 Å². The molecule has 0 aromatic heterocycles. The molecule has 0 fully saturated rings. The summed E-state index contributed by atoms with van der Waals surface area (Å²) >= 11 is 11.9. The molecule has 134 valence electrons. The van der Waals surface area contributed by atoms with Crippen molar-refractivity contribution in [3.63, 3.8) is 0 Å². The molecule has 1 N–H and O–H groups in total. The summed E-state index contributed by atoms with van der Waals surface area (Å²) in [5, 5.41) is 3.95. The Morgan fingerprint density at radius 1 is 0.920 bits per heavy atom. The number of benzene rings is 2. The lowest BCUT2D eigenvalue weighted by Crippen LogP contribution is -2.25. The third kappa shape index (κ3) is 5.83. The van der Waals surface area contributed by atoms with Gasteiger partial charge in [0.05, 0.1) is 24.3 Å². The third-order valence-electron chi connectivity index (χ3n) is 3.81. The van der Waals surface area contributed by atoms with E-state index in [1.165, 1.54) is 0 Å². The normalized spacial score (nSPS) is 10.4. The summed E-state index contributed by atoms with van der Waals surface area (Å²) in [6.45, 7) is 0.565. The van der Waals surface area contributed by atoms with Gasteiger partial charge in [-0.25, -0.2) is 0 Å². The van der Waals surface area contributed by atoms with Crippen molar-refractivity contribution in [1.82, 2.24) is 5.32 Å². The van der Waals surface area contributed by atoms with Gasteiger partial charge in [0.1, 0.15) is 0 Å². The van der Waals surface area contributed by atoms with Crippen LogP contribution in [0.5, 0.6) is 11.5 Å². The molecule has 2 aromatic carbocycles. The number of ether oxygens (including phenoxy) is 2. The van der Waals surface area contributed by atoms with Crippen molar-refractivity contribution in [3.8, 4) is 11.5 Å². The fraction of sp³-hybridized carbons (Fsp3) is 0.316. The first-order valence-electron chi connectivity index (χ1n) is 7.95. The van der Waals surface area contributed by atoms with E-state index in [-0.39, 0.29) is 5.91 Å². The van der Waals surface area contributed by atoms with Crippen molar-refractivity contribution in [2.45, 2.75) is 19.3 Å². The van der Waals surface area contributed by atoms with Crippen molar-refractivity contribution >= 4 is 29.1 Å². The second-order valence-corrected chi connectivity index (χ2v) is 6.35. The number of rotatable bonds is 8. The quantitative estimate of drug-likeness (QED) is 0.741. The van der Waals surface area contributed by atoms with Gasteiger partial charge in [-0.3, -0.25) is 4.79 Å². The molecule has 0 spiro atoms. The molecule has 2 aromatic rings. The van der Waals surface area contributed by atoms with Crippen LogP contribution in [0.1, 0.15) is 17.5 Å². The predicted molar refractivity (Wildman–Crippen MR) is 101 cm³/mol. The lowest BCUT2D eigenvalue weighted by molar-refractivity contribution is -0.121. The van der Waals surface area contributed by atoms with Crippen LogP contribution >= 0.6 is 23.2 Å². The van der Waals surface area contributed by atoms with Crippen LogP contribution in [-0.4, -0.2) is 26.7 Å².